The van der Waals surface area contributed by atoms with E-state index in [1.807, 2.05) is 54.6 Å². The van der Waals surface area contributed by atoms with Crippen LogP contribution in [0.25, 0.3) is 22.4 Å². The molecule has 0 radical (unpaired) electrons. The highest BCUT2D eigenvalue weighted by Gasteiger charge is 2.19. The second-order valence-corrected chi connectivity index (χ2v) is 7.20. The van der Waals surface area contributed by atoms with Crippen LogP contribution in [0.1, 0.15) is 6.92 Å². The summed E-state index contributed by atoms with van der Waals surface area (Å²) in [6.45, 7) is 1.63. The van der Waals surface area contributed by atoms with Crippen LogP contribution in [0.5, 0.6) is 0 Å². The summed E-state index contributed by atoms with van der Waals surface area (Å²) < 4.78 is 24.2. The molecule has 2 aromatic carbocycles. The monoisotopic (exact) mass is 312 g/mol. The van der Waals surface area contributed by atoms with Crippen molar-refractivity contribution in [1.29, 1.82) is 0 Å². The van der Waals surface area contributed by atoms with Crippen molar-refractivity contribution < 1.29 is 8.42 Å². The fraction of sp³-hybridized carbons (Fsp3) is 0.118. The Morgan fingerprint density at radius 2 is 1.50 bits per heavy atom. The van der Waals surface area contributed by atoms with Crippen LogP contribution in [0.4, 0.5) is 0 Å². The van der Waals surface area contributed by atoms with Gasteiger partial charge in [-0.05, 0) is 11.1 Å². The molecule has 0 aliphatic heterocycles. The maximum absolute atomic E-state index is 12.1. The van der Waals surface area contributed by atoms with Gasteiger partial charge in [0.1, 0.15) is 4.90 Å². The van der Waals surface area contributed by atoms with E-state index in [4.69, 9.17) is 0 Å². The molecule has 5 heteroatoms. The molecule has 3 aromatic rings. The largest absolute Gasteiger partial charge is 0.276 e. The van der Waals surface area contributed by atoms with Crippen LogP contribution in [-0.2, 0) is 9.84 Å². The van der Waals surface area contributed by atoms with Crippen LogP contribution in [0, 0.1) is 0 Å². The average molecular weight is 312 g/mol. The Kier molecular flexibility index (Phi) is 3.81. The molecule has 0 amide bonds. The van der Waals surface area contributed by atoms with Gasteiger partial charge in [-0.15, -0.1) is 0 Å². The number of nitrogens with zero attached hydrogens (tertiary/aromatic N) is 1. The molecule has 3 rings (SSSR count). The molecule has 0 saturated heterocycles. The Hall–Kier alpha value is -2.40. The van der Waals surface area contributed by atoms with Crippen molar-refractivity contribution in [3.63, 3.8) is 0 Å². The molecular weight excluding hydrogens is 296 g/mol. The smallest absolute Gasteiger partial charge is 0.181 e. The molecule has 0 bridgehead atoms. The van der Waals surface area contributed by atoms with E-state index in [1.54, 1.807) is 6.92 Å². The summed E-state index contributed by atoms with van der Waals surface area (Å²) in [6, 6.07) is 17.8. The number of hydrogen-bond acceptors (Lipinski definition) is 3. The van der Waals surface area contributed by atoms with Crippen molar-refractivity contribution >= 4 is 9.84 Å². The zero-order chi connectivity index (χ0) is 15.6. The molecule has 112 valence electrons. The van der Waals surface area contributed by atoms with Crippen molar-refractivity contribution in [3.05, 3.63) is 60.8 Å². The lowest BCUT2D eigenvalue weighted by molar-refractivity contribution is 0.597. The second kappa shape index (κ2) is 5.77. The van der Waals surface area contributed by atoms with Crippen LogP contribution < -0.4 is 0 Å². The third kappa shape index (κ3) is 2.67. The van der Waals surface area contributed by atoms with Gasteiger partial charge < -0.3 is 0 Å². The van der Waals surface area contributed by atoms with E-state index < -0.39 is 9.84 Å². The summed E-state index contributed by atoms with van der Waals surface area (Å²) in [6.07, 6.45) is 1.37. The number of nitrogens with one attached hydrogen (secondary N) is 1. The lowest BCUT2D eigenvalue weighted by atomic mass is 10.0. The summed E-state index contributed by atoms with van der Waals surface area (Å²) in [5, 5.41) is 6.68. The van der Waals surface area contributed by atoms with Gasteiger partial charge in [0, 0.05) is 5.56 Å². The highest BCUT2D eigenvalue weighted by Crippen LogP contribution is 2.28. The molecule has 1 aromatic heterocycles. The van der Waals surface area contributed by atoms with Crippen molar-refractivity contribution in [3.8, 4) is 22.4 Å². The van der Waals surface area contributed by atoms with Gasteiger partial charge in [0.15, 0.2) is 9.84 Å². The van der Waals surface area contributed by atoms with Gasteiger partial charge in [-0.1, -0.05) is 61.5 Å². The van der Waals surface area contributed by atoms with E-state index in [-0.39, 0.29) is 10.6 Å². The Bertz CT molecular complexity index is 867. The normalized spacial score (nSPS) is 11.5. The lowest BCUT2D eigenvalue weighted by Crippen LogP contribution is -2.03. The van der Waals surface area contributed by atoms with E-state index in [2.05, 4.69) is 10.2 Å². The van der Waals surface area contributed by atoms with Crippen molar-refractivity contribution in [2.24, 2.45) is 0 Å². The number of sulfone groups is 1. The molecular formula is C17H16N2O2S. The summed E-state index contributed by atoms with van der Waals surface area (Å²) in [4.78, 5) is 0.252. The number of aromatic nitrogens is 2. The molecule has 0 unspecified atom stereocenters. The fourth-order valence-corrected chi connectivity index (χ4v) is 3.33. The van der Waals surface area contributed by atoms with Crippen LogP contribution in [0.2, 0.25) is 0 Å². The van der Waals surface area contributed by atoms with E-state index in [0.29, 0.717) is 5.69 Å². The minimum Gasteiger partial charge on any atom is -0.276 e. The average Bonchev–Trinajstić information content (AvgIpc) is 3.06. The first-order valence-electron chi connectivity index (χ1n) is 7.04. The molecule has 0 saturated carbocycles. The van der Waals surface area contributed by atoms with E-state index in [0.717, 1.165) is 16.7 Å². The molecule has 0 spiro atoms. The second-order valence-electron chi connectivity index (χ2n) is 4.96. The topological polar surface area (TPSA) is 62.8 Å². The van der Waals surface area contributed by atoms with E-state index in [1.165, 1.54) is 6.20 Å². The number of H-pyrrole nitrogens is 1. The van der Waals surface area contributed by atoms with Crippen LogP contribution in [0.15, 0.2) is 65.7 Å². The quantitative estimate of drug-likeness (QED) is 0.801. The predicted molar refractivity (Wildman–Crippen MR) is 87.2 cm³/mol. The summed E-state index contributed by atoms with van der Waals surface area (Å²) in [7, 11) is -3.29. The lowest BCUT2D eigenvalue weighted by Gasteiger charge is -2.05. The molecule has 4 nitrogen and oxygen atoms in total. The Balaban J connectivity index is 2.00. The van der Waals surface area contributed by atoms with Gasteiger partial charge in [-0.3, -0.25) is 5.10 Å². The Morgan fingerprint density at radius 1 is 0.909 bits per heavy atom. The van der Waals surface area contributed by atoms with Gasteiger partial charge in [0.05, 0.1) is 17.6 Å². The number of hydrogen-bond donors (Lipinski definition) is 1. The van der Waals surface area contributed by atoms with Crippen molar-refractivity contribution in [1.82, 2.24) is 10.2 Å². The van der Waals surface area contributed by atoms with Gasteiger partial charge in [0.25, 0.3) is 0 Å². The zero-order valence-electron chi connectivity index (χ0n) is 12.2. The Morgan fingerprint density at radius 3 is 2.14 bits per heavy atom. The predicted octanol–water partition coefficient (Wildman–Crippen LogP) is 3.54. The standard InChI is InChI=1S/C17H16N2O2S/c1-2-22(20,21)16-12-18-19-17(16)15-10-8-14(9-11-15)13-6-4-3-5-7-13/h3-12H,2H2,1H3,(H,18,19). The third-order valence-electron chi connectivity index (χ3n) is 3.60. The minimum atomic E-state index is -3.29. The van der Waals surface area contributed by atoms with Gasteiger partial charge >= 0.3 is 0 Å². The number of benzene rings is 2. The first kappa shape index (κ1) is 14.5. The number of aromatic amines is 1. The van der Waals surface area contributed by atoms with Crippen LogP contribution >= 0.6 is 0 Å². The van der Waals surface area contributed by atoms with Gasteiger partial charge in [0.2, 0.25) is 0 Å². The maximum Gasteiger partial charge on any atom is 0.181 e. The first-order valence-corrected chi connectivity index (χ1v) is 8.69. The maximum atomic E-state index is 12.1. The fourth-order valence-electron chi connectivity index (χ4n) is 2.33. The highest BCUT2D eigenvalue weighted by molar-refractivity contribution is 7.91. The zero-order valence-corrected chi connectivity index (χ0v) is 13.0. The summed E-state index contributed by atoms with van der Waals surface area (Å²) in [5.41, 5.74) is 3.56. The molecule has 0 atom stereocenters. The molecule has 1 heterocycles. The van der Waals surface area contributed by atoms with Crippen LogP contribution in [0.3, 0.4) is 0 Å². The molecule has 1 N–H and O–H groups in total. The number of rotatable bonds is 4. The van der Waals surface area contributed by atoms with E-state index in [9.17, 15) is 8.42 Å². The third-order valence-corrected chi connectivity index (χ3v) is 5.34. The van der Waals surface area contributed by atoms with Crippen LogP contribution in [-0.4, -0.2) is 24.4 Å². The SMILES string of the molecule is CCS(=O)(=O)c1cn[nH]c1-c1ccc(-c2ccccc2)cc1. The Labute approximate surface area is 129 Å². The molecule has 22 heavy (non-hydrogen) atoms. The summed E-state index contributed by atoms with van der Waals surface area (Å²) in [5.74, 6) is 0.0572. The first-order chi connectivity index (χ1) is 10.6. The van der Waals surface area contributed by atoms with Gasteiger partial charge in [-0.25, -0.2) is 8.42 Å². The van der Waals surface area contributed by atoms with Crippen molar-refractivity contribution in [2.45, 2.75) is 11.8 Å². The molecule has 0 aliphatic rings. The molecule has 0 aliphatic carbocycles. The summed E-state index contributed by atoms with van der Waals surface area (Å²) >= 11 is 0. The molecule has 0 fully saturated rings. The van der Waals surface area contributed by atoms with E-state index >= 15 is 0 Å². The minimum absolute atomic E-state index is 0.0572. The van der Waals surface area contributed by atoms with Gasteiger partial charge in [-0.2, -0.15) is 5.10 Å². The van der Waals surface area contributed by atoms with Crippen molar-refractivity contribution in [2.75, 3.05) is 5.75 Å². The highest BCUT2D eigenvalue weighted by atomic mass is 32.2.